The van der Waals surface area contributed by atoms with Crippen LogP contribution < -0.4 is 0 Å². The summed E-state index contributed by atoms with van der Waals surface area (Å²) in [4.78, 5) is 22.8. The minimum Gasteiger partial charge on any atom is -0.600 e. The zero-order chi connectivity index (χ0) is 32.2. The first kappa shape index (κ1) is 33.6. The van der Waals surface area contributed by atoms with Crippen LogP contribution in [0.3, 0.4) is 0 Å². The lowest BCUT2D eigenvalue weighted by molar-refractivity contribution is -0.794. The number of fused-ring (bicyclic) bond motifs is 1. The Morgan fingerprint density at radius 2 is 1.21 bits per heavy atom. The van der Waals surface area contributed by atoms with Crippen LogP contribution in [-0.2, 0) is 29.7 Å². The smallest absolute Gasteiger partial charge is 0.587 e. The molecule has 43 heavy (non-hydrogen) atoms. The summed E-state index contributed by atoms with van der Waals surface area (Å²) in [6, 6.07) is 16.1. The van der Waals surface area contributed by atoms with E-state index in [9.17, 15) is 22.8 Å². The fourth-order valence-corrected chi connectivity index (χ4v) is 6.57. The molecule has 2 saturated heterocycles. The number of likely N-dealkylation sites (N-methyl/N-ethyl adjacent to an activating group) is 1. The molecule has 2 aromatic carbocycles. The molecule has 0 radical (unpaired) electrons. The summed E-state index contributed by atoms with van der Waals surface area (Å²) in [5, 5.41) is 0. The van der Waals surface area contributed by atoms with Crippen molar-refractivity contribution in [1.29, 1.82) is 0 Å². The molecule has 2 aliphatic carbocycles. The zero-order valence-corrected chi connectivity index (χ0v) is 28.0. The lowest BCUT2D eigenvalue weighted by atomic mass is 9.61. The van der Waals surface area contributed by atoms with Gasteiger partial charge in [0.15, 0.2) is 0 Å². The number of carbonyl (C=O) groups is 2. The maximum absolute atomic E-state index is 12.4. The van der Waals surface area contributed by atoms with E-state index in [1.165, 1.54) is 5.56 Å². The number of halogens is 4. The molecule has 5 nitrogen and oxygen atoms in total. The van der Waals surface area contributed by atoms with Gasteiger partial charge in [0, 0.05) is 11.5 Å². The molecule has 2 aliphatic heterocycles. The molecule has 2 aromatic rings. The van der Waals surface area contributed by atoms with Crippen LogP contribution in [0.25, 0.3) is 0 Å². The van der Waals surface area contributed by atoms with Gasteiger partial charge in [-0.3, -0.25) is 9.59 Å². The molecule has 2 saturated carbocycles. The van der Waals surface area contributed by atoms with Crippen molar-refractivity contribution in [2.45, 2.75) is 90.0 Å². The van der Waals surface area contributed by atoms with Gasteiger partial charge in [-0.25, -0.2) is 0 Å². The quantitative estimate of drug-likeness (QED) is 0.303. The molecule has 10 heteroatoms. The van der Waals surface area contributed by atoms with Gasteiger partial charge in [-0.2, -0.15) is 13.2 Å². The van der Waals surface area contributed by atoms with Crippen molar-refractivity contribution in [3.05, 3.63) is 69.7 Å². The maximum Gasteiger partial charge on any atom is 0.587 e. The van der Waals surface area contributed by atoms with E-state index in [1.807, 2.05) is 31.3 Å². The van der Waals surface area contributed by atoms with E-state index in [4.69, 9.17) is 9.31 Å². The summed E-state index contributed by atoms with van der Waals surface area (Å²) in [5.74, 6) is -1.16. The van der Waals surface area contributed by atoms with Crippen LogP contribution >= 0.6 is 15.9 Å². The van der Waals surface area contributed by atoms with Gasteiger partial charge in [0.05, 0.1) is 5.92 Å². The molecule has 2 heterocycles. The second-order valence-corrected chi connectivity index (χ2v) is 15.9. The van der Waals surface area contributed by atoms with Gasteiger partial charge in [0.2, 0.25) is 0 Å². The molecule has 0 unspecified atom stereocenters. The molecule has 6 rings (SSSR count). The number of hydrogen-bond acceptors (Lipinski definition) is 4. The number of carbonyl (C=O) groups excluding carboxylic acids is 2. The highest BCUT2D eigenvalue weighted by atomic mass is 79.9. The molecule has 0 spiro atoms. The van der Waals surface area contributed by atoms with Gasteiger partial charge in [0.25, 0.3) is 0 Å². The third-order valence-electron chi connectivity index (χ3n) is 9.29. The Balaban J connectivity index is 0.000000151. The topological polar surface area (TPSA) is 52.6 Å². The molecule has 4 atom stereocenters. The number of quaternary nitrogens is 1. The van der Waals surface area contributed by atoms with E-state index in [1.54, 1.807) is 0 Å². The Bertz CT molecular complexity index is 1310. The fraction of sp³-hybridized carbons (Fsp3) is 0.576. The minimum atomic E-state index is -4.03. The second kappa shape index (κ2) is 11.6. The van der Waals surface area contributed by atoms with Crippen molar-refractivity contribution in [3.63, 3.8) is 0 Å². The highest BCUT2D eigenvalue weighted by molar-refractivity contribution is 9.10. The standard InChI is InChI=1S/C14H17F3.C10H13Br.C9H14BNO4/c1-13(2,3)10-6-4-9(5-7-10)11-8-12(11)14(15,16)17;1-10(2,3)8-4-6-9(11)7-5-8;1-6-3-7(6)10-11(2,4-8(12)14-10)5-9(13)15-10/h4-7,11-12H,8H2,1-3H3;4-7H,1-3H3;6-7H,3-5H2,1-2H3/t11-,12+;;6-,7-,10?,11?/m1.1/s1. The number of alkyl halides is 3. The first-order chi connectivity index (χ1) is 19.7. The van der Waals surface area contributed by atoms with Gasteiger partial charge < -0.3 is 13.7 Å². The Morgan fingerprint density at radius 1 is 0.791 bits per heavy atom. The van der Waals surface area contributed by atoms with E-state index in [0.717, 1.165) is 22.0 Å². The number of nitrogens with zero attached hydrogens (tertiary/aromatic N) is 1. The Labute approximate surface area is 262 Å². The second-order valence-electron chi connectivity index (χ2n) is 15.0. The Hall–Kier alpha value is -2.33. The Kier molecular flexibility index (Phi) is 9.02. The van der Waals surface area contributed by atoms with Crippen LogP contribution in [0.1, 0.15) is 83.9 Å². The number of benzene rings is 2. The van der Waals surface area contributed by atoms with E-state index < -0.39 is 18.8 Å². The number of rotatable bonds is 2. The van der Waals surface area contributed by atoms with E-state index in [0.29, 0.717) is 10.3 Å². The molecule has 236 valence electrons. The highest BCUT2D eigenvalue weighted by Crippen LogP contribution is 2.58. The molecule has 0 amide bonds. The van der Waals surface area contributed by atoms with Crippen molar-refractivity contribution >= 4 is 34.6 Å². The number of hydrogen-bond donors (Lipinski definition) is 0. The summed E-state index contributed by atoms with van der Waals surface area (Å²) in [7, 11) is 1.89. The third kappa shape index (κ3) is 7.50. The Morgan fingerprint density at radius 3 is 1.56 bits per heavy atom. The summed E-state index contributed by atoms with van der Waals surface area (Å²) in [6.45, 7) is 13.9. The maximum atomic E-state index is 12.4. The van der Waals surface area contributed by atoms with Gasteiger partial charge in [-0.15, -0.1) is 0 Å². The molecule has 4 fully saturated rings. The summed E-state index contributed by atoms with van der Waals surface area (Å²) < 4.78 is 49.6. The van der Waals surface area contributed by atoms with Crippen molar-refractivity contribution in [2.24, 2.45) is 11.8 Å². The van der Waals surface area contributed by atoms with E-state index >= 15 is 0 Å². The van der Waals surface area contributed by atoms with Gasteiger partial charge >= 0.3 is 24.8 Å². The van der Waals surface area contributed by atoms with E-state index in [2.05, 4.69) is 88.7 Å². The molecule has 0 bridgehead atoms. The van der Waals surface area contributed by atoms with Gasteiger partial charge in [-0.1, -0.05) is 113 Å². The van der Waals surface area contributed by atoms with Crippen LogP contribution in [0.4, 0.5) is 13.2 Å². The molecular formula is C33H44BBrF3NO4. The zero-order valence-electron chi connectivity index (χ0n) is 26.4. The summed E-state index contributed by atoms with van der Waals surface area (Å²) in [5.41, 5.74) is 3.66. The average molecular weight is 666 g/mol. The highest BCUT2D eigenvalue weighted by Gasteiger charge is 2.73. The van der Waals surface area contributed by atoms with Gasteiger partial charge in [-0.05, 0) is 57.8 Å². The molecule has 0 N–H and O–H groups in total. The van der Waals surface area contributed by atoms with Crippen molar-refractivity contribution in [1.82, 2.24) is 0 Å². The molecule has 4 aliphatic rings. The SMILES string of the molecule is CC(C)(C)c1ccc(Br)cc1.CC(C)(C)c1ccc([C@H]2C[C@@H]2C(F)(F)F)cc1.C[C@@H]1C[C@H]1[B-]12OC(=O)C[N+]1(C)CC(=O)O2. The predicted molar refractivity (Wildman–Crippen MR) is 166 cm³/mol. The summed E-state index contributed by atoms with van der Waals surface area (Å²) in [6.07, 6.45) is -2.79. The van der Waals surface area contributed by atoms with Crippen molar-refractivity contribution in [2.75, 3.05) is 20.1 Å². The van der Waals surface area contributed by atoms with Crippen LogP contribution in [-0.4, -0.2) is 49.3 Å². The van der Waals surface area contributed by atoms with Crippen LogP contribution in [0.5, 0.6) is 0 Å². The summed E-state index contributed by atoms with van der Waals surface area (Å²) >= 11 is 3.41. The predicted octanol–water partition coefficient (Wildman–Crippen LogP) is 8.29. The van der Waals surface area contributed by atoms with Crippen molar-refractivity contribution < 1.29 is 36.5 Å². The average Bonchev–Trinajstić information content (AvgIpc) is 3.76. The minimum absolute atomic E-state index is 0.0471. The largest absolute Gasteiger partial charge is 0.600 e. The normalized spacial score (nSPS) is 31.1. The van der Waals surface area contributed by atoms with Crippen molar-refractivity contribution in [3.8, 4) is 0 Å². The van der Waals surface area contributed by atoms with Crippen LogP contribution in [0, 0.1) is 11.8 Å². The van der Waals surface area contributed by atoms with Gasteiger partial charge in [0.1, 0.15) is 13.1 Å². The lowest BCUT2D eigenvalue weighted by Crippen LogP contribution is -2.60. The molecule has 0 aromatic heterocycles. The molecular weight excluding hydrogens is 622 g/mol. The first-order valence-corrected chi connectivity index (χ1v) is 15.8. The van der Waals surface area contributed by atoms with Crippen LogP contribution in [0.15, 0.2) is 53.0 Å². The third-order valence-corrected chi connectivity index (χ3v) is 9.82. The first-order valence-electron chi connectivity index (χ1n) is 15.0. The monoisotopic (exact) mass is 665 g/mol. The lowest BCUT2D eigenvalue weighted by Gasteiger charge is -2.40. The van der Waals surface area contributed by atoms with Crippen LogP contribution in [0.2, 0.25) is 5.82 Å². The van der Waals surface area contributed by atoms with E-state index in [-0.39, 0.29) is 54.0 Å². The fourth-order valence-electron chi connectivity index (χ4n) is 6.31.